The average molecular weight is 367 g/mol. The van der Waals surface area contributed by atoms with Gasteiger partial charge in [0.2, 0.25) is 5.95 Å². The van der Waals surface area contributed by atoms with Crippen LogP contribution in [0.25, 0.3) is 0 Å². The molecule has 0 saturated carbocycles. The number of halogens is 1. The Kier molecular flexibility index (Phi) is 5.49. The third-order valence-electron chi connectivity index (χ3n) is 3.98. The maximum Gasteiger partial charge on any atom is 0.270 e. The molecule has 0 fully saturated rings. The van der Waals surface area contributed by atoms with E-state index in [0.717, 1.165) is 16.8 Å². The van der Waals surface area contributed by atoms with Gasteiger partial charge in [0.25, 0.3) is 5.91 Å². The van der Waals surface area contributed by atoms with Crippen molar-refractivity contribution in [3.05, 3.63) is 82.6 Å². The predicted molar refractivity (Wildman–Crippen MR) is 104 cm³/mol. The van der Waals surface area contributed by atoms with Crippen LogP contribution in [-0.4, -0.2) is 15.9 Å². The molecule has 0 spiro atoms. The van der Waals surface area contributed by atoms with Gasteiger partial charge >= 0.3 is 0 Å². The topological polar surface area (TPSA) is 66.9 Å². The van der Waals surface area contributed by atoms with Crippen molar-refractivity contribution in [1.29, 1.82) is 0 Å². The van der Waals surface area contributed by atoms with Crippen LogP contribution in [-0.2, 0) is 0 Å². The molecule has 1 unspecified atom stereocenters. The van der Waals surface area contributed by atoms with Crippen LogP contribution in [0, 0.1) is 6.92 Å². The molecule has 0 aliphatic heterocycles. The minimum atomic E-state index is -0.255. The molecule has 2 aromatic carbocycles. The smallest absolute Gasteiger partial charge is 0.270 e. The lowest BCUT2D eigenvalue weighted by Crippen LogP contribution is -2.27. The largest absolute Gasteiger partial charge is 0.344 e. The second kappa shape index (κ2) is 7.97. The summed E-state index contributed by atoms with van der Waals surface area (Å²) in [6, 6.07) is 16.8. The van der Waals surface area contributed by atoms with Crippen molar-refractivity contribution >= 4 is 29.1 Å². The first-order valence-electron chi connectivity index (χ1n) is 8.25. The van der Waals surface area contributed by atoms with Crippen molar-refractivity contribution in [2.24, 2.45) is 0 Å². The molecule has 2 N–H and O–H groups in total. The number of nitrogens with one attached hydrogen (secondary N) is 2. The lowest BCUT2D eigenvalue weighted by Gasteiger charge is -2.14. The first-order chi connectivity index (χ1) is 12.5. The van der Waals surface area contributed by atoms with E-state index in [4.69, 9.17) is 11.6 Å². The SMILES string of the molecule is Cc1ccc(Cl)cc1Nc1nccc(C(=O)NC(C)c2ccccc2)n1. The third-order valence-corrected chi connectivity index (χ3v) is 4.22. The third kappa shape index (κ3) is 4.37. The maximum absolute atomic E-state index is 12.5. The van der Waals surface area contributed by atoms with Gasteiger partial charge in [-0.05, 0) is 43.2 Å². The summed E-state index contributed by atoms with van der Waals surface area (Å²) in [6.45, 7) is 3.89. The van der Waals surface area contributed by atoms with Gasteiger partial charge in [-0.1, -0.05) is 48.0 Å². The molecule has 3 rings (SSSR count). The summed E-state index contributed by atoms with van der Waals surface area (Å²) in [6.07, 6.45) is 1.55. The van der Waals surface area contributed by atoms with Crippen molar-refractivity contribution in [2.45, 2.75) is 19.9 Å². The van der Waals surface area contributed by atoms with E-state index in [9.17, 15) is 4.79 Å². The number of hydrogen-bond donors (Lipinski definition) is 2. The Morgan fingerprint density at radius 1 is 1.12 bits per heavy atom. The maximum atomic E-state index is 12.5. The summed E-state index contributed by atoms with van der Waals surface area (Å²) in [5.41, 5.74) is 3.13. The van der Waals surface area contributed by atoms with E-state index in [1.807, 2.05) is 56.3 Å². The van der Waals surface area contributed by atoms with Gasteiger partial charge < -0.3 is 10.6 Å². The second-order valence-corrected chi connectivity index (χ2v) is 6.39. The number of aryl methyl sites for hydroxylation is 1. The summed E-state index contributed by atoms with van der Waals surface area (Å²) < 4.78 is 0. The van der Waals surface area contributed by atoms with Crippen LogP contribution < -0.4 is 10.6 Å². The predicted octanol–water partition coefficient (Wildman–Crippen LogP) is 4.67. The summed E-state index contributed by atoms with van der Waals surface area (Å²) >= 11 is 6.04. The highest BCUT2D eigenvalue weighted by Crippen LogP contribution is 2.22. The van der Waals surface area contributed by atoms with E-state index in [1.54, 1.807) is 18.3 Å². The van der Waals surface area contributed by atoms with Crippen molar-refractivity contribution in [1.82, 2.24) is 15.3 Å². The van der Waals surface area contributed by atoms with Gasteiger partial charge in [-0.2, -0.15) is 0 Å². The molecule has 132 valence electrons. The molecule has 3 aromatic rings. The first-order valence-corrected chi connectivity index (χ1v) is 8.63. The molecule has 0 radical (unpaired) electrons. The number of hydrogen-bond acceptors (Lipinski definition) is 4. The van der Waals surface area contributed by atoms with Crippen molar-refractivity contribution < 1.29 is 4.79 Å². The van der Waals surface area contributed by atoms with E-state index < -0.39 is 0 Å². The van der Waals surface area contributed by atoms with Crippen molar-refractivity contribution in [3.8, 4) is 0 Å². The van der Waals surface area contributed by atoms with Gasteiger partial charge in [-0.3, -0.25) is 4.79 Å². The zero-order chi connectivity index (χ0) is 18.5. The van der Waals surface area contributed by atoms with Gasteiger partial charge in [0, 0.05) is 16.9 Å². The number of aromatic nitrogens is 2. The molecule has 0 aliphatic carbocycles. The molecule has 26 heavy (non-hydrogen) atoms. The Morgan fingerprint density at radius 2 is 1.88 bits per heavy atom. The van der Waals surface area contributed by atoms with Gasteiger partial charge in [0.1, 0.15) is 5.69 Å². The fraction of sp³-hybridized carbons (Fsp3) is 0.150. The Balaban J connectivity index is 1.74. The van der Waals surface area contributed by atoms with Gasteiger partial charge in [0.05, 0.1) is 6.04 Å². The average Bonchev–Trinajstić information content (AvgIpc) is 2.65. The minimum Gasteiger partial charge on any atom is -0.344 e. The number of nitrogens with zero attached hydrogens (tertiary/aromatic N) is 2. The van der Waals surface area contributed by atoms with Gasteiger partial charge in [0.15, 0.2) is 0 Å². The molecule has 0 aliphatic rings. The van der Waals surface area contributed by atoms with E-state index in [0.29, 0.717) is 16.7 Å². The van der Waals surface area contributed by atoms with Crippen LogP contribution in [0.4, 0.5) is 11.6 Å². The number of rotatable bonds is 5. The molecule has 1 heterocycles. The van der Waals surface area contributed by atoms with Crippen LogP contribution in [0.5, 0.6) is 0 Å². The van der Waals surface area contributed by atoms with Crippen LogP contribution in [0.1, 0.15) is 34.6 Å². The van der Waals surface area contributed by atoms with Gasteiger partial charge in [-0.15, -0.1) is 0 Å². The fourth-order valence-electron chi connectivity index (χ4n) is 2.49. The normalized spacial score (nSPS) is 11.7. The molecular weight excluding hydrogens is 348 g/mol. The number of anilines is 2. The Hall–Kier alpha value is -2.92. The summed E-state index contributed by atoms with van der Waals surface area (Å²) in [4.78, 5) is 21.0. The van der Waals surface area contributed by atoms with Crippen molar-refractivity contribution in [2.75, 3.05) is 5.32 Å². The second-order valence-electron chi connectivity index (χ2n) is 5.96. The van der Waals surface area contributed by atoms with Crippen LogP contribution in [0.15, 0.2) is 60.8 Å². The zero-order valence-corrected chi connectivity index (χ0v) is 15.3. The number of amides is 1. The van der Waals surface area contributed by atoms with E-state index in [-0.39, 0.29) is 11.9 Å². The molecular formula is C20H19ClN4O. The summed E-state index contributed by atoms with van der Waals surface area (Å²) in [7, 11) is 0. The highest BCUT2D eigenvalue weighted by molar-refractivity contribution is 6.30. The molecule has 0 saturated heterocycles. The van der Waals surface area contributed by atoms with Crippen LogP contribution in [0.2, 0.25) is 5.02 Å². The standard InChI is InChI=1S/C20H19ClN4O/c1-13-8-9-16(21)12-18(13)25-20-22-11-10-17(24-20)19(26)23-14(2)15-6-4-3-5-7-15/h3-12,14H,1-2H3,(H,23,26)(H,22,24,25). The Bertz CT molecular complexity index is 915. The lowest BCUT2D eigenvalue weighted by molar-refractivity contribution is 0.0935. The fourth-order valence-corrected chi connectivity index (χ4v) is 2.66. The number of carbonyl (C=O) groups excluding carboxylic acids is 1. The summed E-state index contributed by atoms with van der Waals surface area (Å²) in [5.74, 6) is 0.0880. The van der Waals surface area contributed by atoms with E-state index >= 15 is 0 Å². The van der Waals surface area contributed by atoms with Crippen LogP contribution in [0.3, 0.4) is 0 Å². The molecule has 6 heteroatoms. The lowest BCUT2D eigenvalue weighted by atomic mass is 10.1. The number of carbonyl (C=O) groups is 1. The minimum absolute atomic E-state index is 0.120. The van der Waals surface area contributed by atoms with Gasteiger partial charge in [-0.25, -0.2) is 9.97 Å². The van der Waals surface area contributed by atoms with E-state index in [1.165, 1.54) is 0 Å². The highest BCUT2D eigenvalue weighted by atomic mass is 35.5. The quantitative estimate of drug-likeness (QED) is 0.688. The zero-order valence-electron chi connectivity index (χ0n) is 14.5. The highest BCUT2D eigenvalue weighted by Gasteiger charge is 2.13. The Morgan fingerprint density at radius 3 is 2.65 bits per heavy atom. The van der Waals surface area contributed by atoms with E-state index in [2.05, 4.69) is 20.6 Å². The van der Waals surface area contributed by atoms with Crippen molar-refractivity contribution in [3.63, 3.8) is 0 Å². The molecule has 1 amide bonds. The molecule has 1 atom stereocenters. The molecule has 5 nitrogen and oxygen atoms in total. The first kappa shape index (κ1) is 17.9. The Labute approximate surface area is 157 Å². The molecule has 1 aromatic heterocycles. The summed E-state index contributed by atoms with van der Waals surface area (Å²) in [5, 5.41) is 6.67. The monoisotopic (exact) mass is 366 g/mol. The molecule has 0 bridgehead atoms. The van der Waals surface area contributed by atoms with Crippen LogP contribution >= 0.6 is 11.6 Å². The number of benzene rings is 2.